The zero-order valence-corrected chi connectivity index (χ0v) is 12.4. The molecule has 0 saturated carbocycles. The minimum atomic E-state index is -3.66. The average Bonchev–Trinajstić information content (AvgIpc) is 2.49. The molecule has 5 nitrogen and oxygen atoms in total. The predicted molar refractivity (Wildman–Crippen MR) is 82.1 cm³/mol. The van der Waals surface area contributed by atoms with E-state index in [9.17, 15) is 8.42 Å². The summed E-state index contributed by atoms with van der Waals surface area (Å²) in [5.74, 6) is 0.578. The summed E-state index contributed by atoms with van der Waals surface area (Å²) in [5.41, 5.74) is 7.44. The number of nitrogens with zero attached hydrogens (tertiary/aromatic N) is 1. The largest absolute Gasteiger partial charge is 0.489 e. The second-order valence-corrected chi connectivity index (χ2v) is 6.69. The van der Waals surface area contributed by atoms with Gasteiger partial charge in [-0.15, -0.1) is 0 Å². The molecule has 2 aromatic rings. The van der Waals surface area contributed by atoms with Crippen molar-refractivity contribution in [2.75, 3.05) is 23.2 Å². The molecule has 0 bridgehead atoms. The molecule has 110 valence electrons. The van der Waals surface area contributed by atoms with Crippen molar-refractivity contribution in [1.29, 1.82) is 0 Å². The lowest BCUT2D eigenvalue weighted by Crippen LogP contribution is -2.38. The Labute approximate surface area is 124 Å². The number of benzene rings is 2. The minimum absolute atomic E-state index is 0.235. The van der Waals surface area contributed by atoms with E-state index in [1.54, 1.807) is 43.3 Å². The molecule has 6 heteroatoms. The molecule has 0 amide bonds. The quantitative estimate of drug-likeness (QED) is 0.863. The van der Waals surface area contributed by atoms with E-state index in [0.717, 1.165) is 0 Å². The highest BCUT2D eigenvalue weighted by atomic mass is 32.2. The Morgan fingerprint density at radius 2 is 1.90 bits per heavy atom. The van der Waals surface area contributed by atoms with E-state index >= 15 is 0 Å². The van der Waals surface area contributed by atoms with Gasteiger partial charge in [-0.05, 0) is 36.8 Å². The van der Waals surface area contributed by atoms with Gasteiger partial charge in [0, 0.05) is 5.69 Å². The van der Waals surface area contributed by atoms with Crippen molar-refractivity contribution in [1.82, 2.24) is 0 Å². The van der Waals surface area contributed by atoms with Gasteiger partial charge in [0.05, 0.1) is 17.1 Å². The van der Waals surface area contributed by atoms with Crippen LogP contribution < -0.4 is 14.8 Å². The van der Waals surface area contributed by atoms with Gasteiger partial charge in [0.15, 0.2) is 0 Å². The van der Waals surface area contributed by atoms with Crippen LogP contribution in [-0.2, 0) is 10.0 Å². The van der Waals surface area contributed by atoms with Crippen LogP contribution in [0.1, 0.15) is 5.56 Å². The lowest BCUT2D eigenvalue weighted by Gasteiger charge is -2.30. The third-order valence-corrected chi connectivity index (χ3v) is 5.54. The highest BCUT2D eigenvalue weighted by Crippen LogP contribution is 2.36. The third-order valence-electron chi connectivity index (χ3n) is 3.58. The smallest absolute Gasteiger partial charge is 0.264 e. The zero-order valence-electron chi connectivity index (χ0n) is 11.6. The molecule has 3 rings (SSSR count). The summed E-state index contributed by atoms with van der Waals surface area (Å²) in [5, 5.41) is 0. The van der Waals surface area contributed by atoms with Crippen molar-refractivity contribution in [3.05, 3.63) is 48.0 Å². The van der Waals surface area contributed by atoms with Gasteiger partial charge in [0.2, 0.25) is 0 Å². The van der Waals surface area contributed by atoms with E-state index < -0.39 is 10.0 Å². The molecule has 1 heterocycles. The topological polar surface area (TPSA) is 72.6 Å². The summed E-state index contributed by atoms with van der Waals surface area (Å²) in [6.07, 6.45) is 0. The summed E-state index contributed by atoms with van der Waals surface area (Å²) in [6, 6.07) is 12.1. The van der Waals surface area contributed by atoms with Gasteiger partial charge in [-0.1, -0.05) is 18.2 Å². The fraction of sp³-hybridized carbons (Fsp3) is 0.200. The maximum absolute atomic E-state index is 12.9. The average molecular weight is 304 g/mol. The molecule has 0 atom stereocenters. The van der Waals surface area contributed by atoms with Crippen LogP contribution in [0.5, 0.6) is 5.75 Å². The first-order valence-corrected chi connectivity index (χ1v) is 8.05. The number of sulfonamides is 1. The molecule has 0 radical (unpaired) electrons. The molecule has 2 N–H and O–H groups in total. The number of hydrogen-bond acceptors (Lipinski definition) is 4. The Bertz CT molecular complexity index is 787. The molecule has 0 aliphatic carbocycles. The number of hydrogen-bond donors (Lipinski definition) is 1. The Balaban J connectivity index is 2.14. The SMILES string of the molecule is Cc1c(N)cccc1S(=O)(=O)N1CCOc2ccccc21. The number of fused-ring (bicyclic) bond motifs is 1. The van der Waals surface area contributed by atoms with Gasteiger partial charge in [-0.3, -0.25) is 4.31 Å². The number of rotatable bonds is 2. The van der Waals surface area contributed by atoms with E-state index in [2.05, 4.69) is 0 Å². The first-order valence-electron chi connectivity index (χ1n) is 6.61. The second-order valence-electron chi connectivity index (χ2n) is 4.86. The Kier molecular flexibility index (Phi) is 3.25. The van der Waals surface area contributed by atoms with E-state index in [4.69, 9.17) is 10.5 Å². The summed E-state index contributed by atoms with van der Waals surface area (Å²) in [7, 11) is -3.66. The van der Waals surface area contributed by atoms with Gasteiger partial charge in [-0.25, -0.2) is 8.42 Å². The molecule has 0 aromatic heterocycles. The molecule has 1 aliphatic heterocycles. The summed E-state index contributed by atoms with van der Waals surface area (Å²) < 4.78 is 32.8. The number of nitrogen functional groups attached to an aromatic ring is 1. The van der Waals surface area contributed by atoms with Crippen LogP contribution in [0.4, 0.5) is 11.4 Å². The standard InChI is InChI=1S/C15H16N2O3S/c1-11-12(16)5-4-8-15(11)21(18,19)17-9-10-20-14-7-3-2-6-13(14)17/h2-8H,9-10,16H2,1H3. The fourth-order valence-electron chi connectivity index (χ4n) is 2.42. The van der Waals surface area contributed by atoms with Crippen molar-refractivity contribution >= 4 is 21.4 Å². The molecule has 0 spiro atoms. The molecule has 0 unspecified atom stereocenters. The monoisotopic (exact) mass is 304 g/mol. The van der Waals surface area contributed by atoms with Crippen LogP contribution in [0, 0.1) is 6.92 Å². The summed E-state index contributed by atoms with van der Waals surface area (Å²) >= 11 is 0. The number of para-hydroxylation sites is 2. The highest BCUT2D eigenvalue weighted by molar-refractivity contribution is 7.93. The molecule has 0 saturated heterocycles. The highest BCUT2D eigenvalue weighted by Gasteiger charge is 2.31. The molecular weight excluding hydrogens is 288 g/mol. The predicted octanol–water partition coefficient (Wildman–Crippen LogP) is 2.16. The molecule has 1 aliphatic rings. The van der Waals surface area contributed by atoms with Crippen LogP contribution in [0.25, 0.3) is 0 Å². The van der Waals surface area contributed by atoms with E-state index in [-0.39, 0.29) is 11.4 Å². The number of ether oxygens (including phenoxy) is 1. The Morgan fingerprint density at radius 3 is 2.71 bits per heavy atom. The van der Waals surface area contributed by atoms with Gasteiger partial charge in [0.1, 0.15) is 12.4 Å². The minimum Gasteiger partial charge on any atom is -0.489 e. The Hall–Kier alpha value is -2.21. The molecule has 0 fully saturated rings. The maximum atomic E-state index is 12.9. The third kappa shape index (κ3) is 2.21. The van der Waals surface area contributed by atoms with Crippen LogP contribution in [0.3, 0.4) is 0 Å². The number of nitrogens with two attached hydrogens (primary N) is 1. The normalized spacial score (nSPS) is 14.4. The molecule has 2 aromatic carbocycles. The van der Waals surface area contributed by atoms with Crippen LogP contribution in [-0.4, -0.2) is 21.6 Å². The second kappa shape index (κ2) is 4.96. The van der Waals surface area contributed by atoms with Crippen LogP contribution in [0.2, 0.25) is 0 Å². The van der Waals surface area contributed by atoms with Gasteiger partial charge < -0.3 is 10.5 Å². The van der Waals surface area contributed by atoms with Gasteiger partial charge in [-0.2, -0.15) is 0 Å². The van der Waals surface area contributed by atoms with E-state index in [1.165, 1.54) is 4.31 Å². The van der Waals surface area contributed by atoms with Crippen LogP contribution >= 0.6 is 0 Å². The summed E-state index contributed by atoms with van der Waals surface area (Å²) in [4.78, 5) is 0.235. The molecular formula is C15H16N2O3S. The maximum Gasteiger partial charge on any atom is 0.264 e. The lowest BCUT2D eigenvalue weighted by molar-refractivity contribution is 0.316. The van der Waals surface area contributed by atoms with Gasteiger partial charge >= 0.3 is 0 Å². The van der Waals surface area contributed by atoms with E-state index in [1.807, 2.05) is 6.07 Å². The van der Waals surface area contributed by atoms with Crippen molar-refractivity contribution in [3.8, 4) is 5.75 Å². The van der Waals surface area contributed by atoms with Crippen molar-refractivity contribution < 1.29 is 13.2 Å². The lowest BCUT2D eigenvalue weighted by atomic mass is 10.2. The van der Waals surface area contributed by atoms with Gasteiger partial charge in [0.25, 0.3) is 10.0 Å². The Morgan fingerprint density at radius 1 is 1.14 bits per heavy atom. The fourth-order valence-corrected chi connectivity index (χ4v) is 4.14. The van der Waals surface area contributed by atoms with Crippen molar-refractivity contribution in [2.45, 2.75) is 11.8 Å². The zero-order chi connectivity index (χ0) is 15.0. The van der Waals surface area contributed by atoms with Crippen molar-refractivity contribution in [2.24, 2.45) is 0 Å². The number of anilines is 2. The van der Waals surface area contributed by atoms with Crippen LogP contribution in [0.15, 0.2) is 47.4 Å². The first-order chi connectivity index (χ1) is 10.0. The van der Waals surface area contributed by atoms with Crippen molar-refractivity contribution in [3.63, 3.8) is 0 Å². The van der Waals surface area contributed by atoms with E-state index in [0.29, 0.717) is 29.3 Å². The first kappa shape index (κ1) is 13.8. The summed E-state index contributed by atoms with van der Waals surface area (Å²) in [6.45, 7) is 2.33. The molecule has 21 heavy (non-hydrogen) atoms.